The smallest absolute Gasteiger partial charge is 0.253 e. The largest absolute Gasteiger partial charge is 0.366 e. The lowest BCUT2D eigenvalue weighted by molar-refractivity contribution is -0.115. The van der Waals surface area contributed by atoms with Crippen molar-refractivity contribution in [2.75, 3.05) is 5.32 Å². The number of carbonyl (C=O) groups is 3. The molecule has 25 heavy (non-hydrogen) atoms. The number of nitrogens with two attached hydrogens (primary N) is 1. The Kier molecular flexibility index (Phi) is 6.14. The minimum Gasteiger partial charge on any atom is -0.366 e. The molecule has 0 aliphatic heterocycles. The second-order valence-electron chi connectivity index (χ2n) is 5.34. The van der Waals surface area contributed by atoms with Crippen molar-refractivity contribution >= 4 is 35.0 Å². The fourth-order valence-corrected chi connectivity index (χ4v) is 2.29. The first-order valence-electron chi connectivity index (χ1n) is 7.67. The van der Waals surface area contributed by atoms with E-state index in [2.05, 4.69) is 10.6 Å². The van der Waals surface area contributed by atoms with E-state index in [4.69, 9.17) is 17.3 Å². The summed E-state index contributed by atoms with van der Waals surface area (Å²) in [5.74, 6) is -1.06. The zero-order valence-corrected chi connectivity index (χ0v) is 14.4. The average Bonchev–Trinajstić information content (AvgIpc) is 2.60. The van der Waals surface area contributed by atoms with Crippen molar-refractivity contribution < 1.29 is 14.4 Å². The highest BCUT2D eigenvalue weighted by atomic mass is 35.5. The lowest BCUT2D eigenvalue weighted by Gasteiger charge is -2.12. The van der Waals surface area contributed by atoms with Crippen LogP contribution in [-0.4, -0.2) is 17.7 Å². The monoisotopic (exact) mass is 359 g/mol. The van der Waals surface area contributed by atoms with Gasteiger partial charge in [0, 0.05) is 23.6 Å². The lowest BCUT2D eigenvalue weighted by atomic mass is 10.1. The fourth-order valence-electron chi connectivity index (χ4n) is 2.12. The summed E-state index contributed by atoms with van der Waals surface area (Å²) in [5.41, 5.74) is 7.08. The molecule has 4 N–H and O–H groups in total. The van der Waals surface area contributed by atoms with Gasteiger partial charge in [-0.05, 0) is 35.9 Å². The predicted molar refractivity (Wildman–Crippen MR) is 96.5 cm³/mol. The van der Waals surface area contributed by atoms with E-state index in [0.717, 1.165) is 5.56 Å². The Labute approximate surface area is 150 Å². The number of primary amides is 1. The normalized spacial score (nSPS) is 10.2. The van der Waals surface area contributed by atoms with Crippen LogP contribution in [0.25, 0.3) is 0 Å². The standard InChI is InChI=1S/C18H18ClN3O3/c1-2-16(23)22-15-9-13(19)7-8-14(15)18(25)21-10-11-3-5-12(6-4-11)17(20)24/h3-9H,2,10H2,1H3,(H2,20,24)(H,21,25)(H,22,23). The molecule has 0 radical (unpaired) electrons. The van der Waals surface area contributed by atoms with Crippen molar-refractivity contribution in [3.05, 3.63) is 64.2 Å². The Morgan fingerprint density at radius 1 is 1.08 bits per heavy atom. The number of rotatable bonds is 6. The Morgan fingerprint density at radius 2 is 1.76 bits per heavy atom. The van der Waals surface area contributed by atoms with E-state index < -0.39 is 5.91 Å². The van der Waals surface area contributed by atoms with Crippen molar-refractivity contribution in [3.63, 3.8) is 0 Å². The summed E-state index contributed by atoms with van der Waals surface area (Å²) in [6, 6.07) is 11.3. The van der Waals surface area contributed by atoms with Crippen molar-refractivity contribution in [1.82, 2.24) is 5.32 Å². The van der Waals surface area contributed by atoms with Gasteiger partial charge in [-0.3, -0.25) is 14.4 Å². The van der Waals surface area contributed by atoms with Crippen molar-refractivity contribution in [3.8, 4) is 0 Å². The second-order valence-corrected chi connectivity index (χ2v) is 5.77. The third-order valence-corrected chi connectivity index (χ3v) is 3.75. The molecule has 0 bridgehead atoms. The molecule has 6 nitrogen and oxygen atoms in total. The third kappa shape index (κ3) is 5.06. The van der Waals surface area contributed by atoms with Crippen LogP contribution in [0.4, 0.5) is 5.69 Å². The van der Waals surface area contributed by atoms with Crippen LogP contribution in [0.2, 0.25) is 5.02 Å². The highest BCUT2D eigenvalue weighted by molar-refractivity contribution is 6.31. The van der Waals surface area contributed by atoms with Crippen LogP contribution < -0.4 is 16.4 Å². The Morgan fingerprint density at radius 3 is 2.36 bits per heavy atom. The number of hydrogen-bond acceptors (Lipinski definition) is 3. The van der Waals surface area contributed by atoms with E-state index in [1.165, 1.54) is 6.07 Å². The summed E-state index contributed by atoms with van der Waals surface area (Å²) in [4.78, 5) is 35.1. The van der Waals surface area contributed by atoms with Gasteiger partial charge in [0.1, 0.15) is 0 Å². The molecule has 130 valence electrons. The van der Waals surface area contributed by atoms with E-state index >= 15 is 0 Å². The van der Waals surface area contributed by atoms with Crippen molar-refractivity contribution in [1.29, 1.82) is 0 Å². The highest BCUT2D eigenvalue weighted by Crippen LogP contribution is 2.21. The SMILES string of the molecule is CCC(=O)Nc1cc(Cl)ccc1C(=O)NCc1ccc(C(N)=O)cc1. The van der Waals surface area contributed by atoms with Gasteiger partial charge in [-0.2, -0.15) is 0 Å². The maximum absolute atomic E-state index is 12.4. The number of halogens is 1. The molecule has 3 amide bonds. The summed E-state index contributed by atoms with van der Waals surface area (Å²) in [6.45, 7) is 1.98. The van der Waals surface area contributed by atoms with Crippen LogP contribution >= 0.6 is 11.6 Å². The van der Waals surface area contributed by atoms with Crippen LogP contribution in [0.5, 0.6) is 0 Å². The summed E-state index contributed by atoms with van der Waals surface area (Å²) in [6.07, 6.45) is 0.291. The molecule has 0 fully saturated rings. The average molecular weight is 360 g/mol. The molecule has 0 aliphatic carbocycles. The van der Waals surface area contributed by atoms with Gasteiger partial charge in [0.05, 0.1) is 11.3 Å². The van der Waals surface area contributed by atoms with Crippen LogP contribution in [0, 0.1) is 0 Å². The minimum absolute atomic E-state index is 0.210. The summed E-state index contributed by atoms with van der Waals surface area (Å²) in [5, 5.41) is 5.85. The Balaban J connectivity index is 2.09. The molecule has 2 aromatic carbocycles. The molecule has 0 aliphatic rings. The van der Waals surface area contributed by atoms with Gasteiger partial charge < -0.3 is 16.4 Å². The van der Waals surface area contributed by atoms with Gasteiger partial charge in [0.25, 0.3) is 5.91 Å². The first-order valence-corrected chi connectivity index (χ1v) is 8.05. The number of nitrogens with one attached hydrogen (secondary N) is 2. The molecular formula is C18H18ClN3O3. The topological polar surface area (TPSA) is 101 Å². The maximum atomic E-state index is 12.4. The molecule has 7 heteroatoms. The van der Waals surface area contributed by atoms with Gasteiger partial charge in [-0.25, -0.2) is 0 Å². The zero-order chi connectivity index (χ0) is 18.4. The van der Waals surface area contributed by atoms with Crippen LogP contribution in [0.3, 0.4) is 0 Å². The fraction of sp³-hybridized carbons (Fsp3) is 0.167. The van der Waals surface area contributed by atoms with E-state index in [-0.39, 0.29) is 18.4 Å². The second kappa shape index (κ2) is 8.30. The van der Waals surface area contributed by atoms with Gasteiger partial charge in [0.15, 0.2) is 0 Å². The number of hydrogen-bond donors (Lipinski definition) is 3. The molecule has 0 atom stereocenters. The summed E-state index contributed by atoms with van der Waals surface area (Å²) < 4.78 is 0. The quantitative estimate of drug-likeness (QED) is 0.739. The molecule has 0 unspecified atom stereocenters. The van der Waals surface area contributed by atoms with Gasteiger partial charge in [-0.15, -0.1) is 0 Å². The molecule has 0 saturated carbocycles. The van der Waals surface area contributed by atoms with E-state index in [0.29, 0.717) is 28.3 Å². The highest BCUT2D eigenvalue weighted by Gasteiger charge is 2.13. The molecule has 0 aromatic heterocycles. The first kappa shape index (κ1) is 18.5. The van der Waals surface area contributed by atoms with Crippen molar-refractivity contribution in [2.45, 2.75) is 19.9 Å². The maximum Gasteiger partial charge on any atom is 0.253 e. The number of anilines is 1. The molecular weight excluding hydrogens is 342 g/mol. The lowest BCUT2D eigenvalue weighted by Crippen LogP contribution is -2.24. The molecule has 0 heterocycles. The summed E-state index contributed by atoms with van der Waals surface area (Å²) >= 11 is 5.94. The van der Waals surface area contributed by atoms with Gasteiger partial charge in [-0.1, -0.05) is 30.7 Å². The van der Waals surface area contributed by atoms with Crippen LogP contribution in [0.1, 0.15) is 39.6 Å². The Hall–Kier alpha value is -2.86. The first-order chi connectivity index (χ1) is 11.9. The molecule has 2 rings (SSSR count). The molecule has 2 aromatic rings. The van der Waals surface area contributed by atoms with E-state index in [1.54, 1.807) is 43.3 Å². The van der Waals surface area contributed by atoms with E-state index in [1.807, 2.05) is 0 Å². The van der Waals surface area contributed by atoms with E-state index in [9.17, 15) is 14.4 Å². The predicted octanol–water partition coefficient (Wildman–Crippen LogP) is 2.72. The Bertz CT molecular complexity index is 804. The van der Waals surface area contributed by atoms with Crippen LogP contribution in [-0.2, 0) is 11.3 Å². The zero-order valence-electron chi connectivity index (χ0n) is 13.6. The molecule has 0 saturated heterocycles. The number of amides is 3. The summed E-state index contributed by atoms with van der Waals surface area (Å²) in [7, 11) is 0. The van der Waals surface area contributed by atoms with Crippen molar-refractivity contribution in [2.24, 2.45) is 5.73 Å². The number of carbonyl (C=O) groups excluding carboxylic acids is 3. The van der Waals surface area contributed by atoms with Crippen LogP contribution in [0.15, 0.2) is 42.5 Å². The van der Waals surface area contributed by atoms with Gasteiger partial charge >= 0.3 is 0 Å². The van der Waals surface area contributed by atoms with Gasteiger partial charge in [0.2, 0.25) is 11.8 Å². The minimum atomic E-state index is -0.506. The number of benzene rings is 2. The third-order valence-electron chi connectivity index (χ3n) is 3.51. The molecule has 0 spiro atoms.